The molecule has 2 aromatic rings. The number of aromatic nitrogens is 1. The van der Waals surface area contributed by atoms with Crippen LogP contribution in [0.5, 0.6) is 0 Å². The molecule has 5 heteroatoms. The molecular formula is C19H23N2O3+. The normalized spacial score (nSPS) is 10.2. The van der Waals surface area contributed by atoms with Gasteiger partial charge in [0.15, 0.2) is 18.9 Å². The van der Waals surface area contributed by atoms with Crippen LogP contribution in [0.1, 0.15) is 35.7 Å². The lowest BCUT2D eigenvalue weighted by Crippen LogP contribution is -2.34. The molecule has 0 spiro atoms. The number of nitrogens with zero attached hydrogens (tertiary/aromatic N) is 1. The molecule has 0 radical (unpaired) electrons. The average molecular weight is 327 g/mol. The van der Waals surface area contributed by atoms with Crippen molar-refractivity contribution < 1.29 is 18.9 Å². The molecule has 0 aliphatic carbocycles. The monoisotopic (exact) mass is 327 g/mol. The summed E-state index contributed by atoms with van der Waals surface area (Å²) in [4.78, 5) is 23.7. The Hall–Kier alpha value is -2.69. The van der Waals surface area contributed by atoms with Crippen LogP contribution in [0.4, 0.5) is 5.69 Å². The number of esters is 1. The zero-order valence-electron chi connectivity index (χ0n) is 14.1. The van der Waals surface area contributed by atoms with Crippen molar-refractivity contribution in [3.63, 3.8) is 0 Å². The molecule has 2 rings (SSSR count). The summed E-state index contributed by atoms with van der Waals surface area (Å²) in [5, 5.41) is 2.83. The number of benzene rings is 1. The third-order valence-electron chi connectivity index (χ3n) is 3.50. The Morgan fingerprint density at radius 1 is 1.08 bits per heavy atom. The van der Waals surface area contributed by atoms with Crippen molar-refractivity contribution in [2.45, 2.75) is 33.2 Å². The standard InChI is InChI=1S/C19H22N2O3/c1-3-14-24-19(23)16-4-6-17(7-5-16)20-18(22)10-13-21-11-8-15(2)9-12-21/h4-9,11-12H,3,10,13-14H2,1-2H3/p+1. The number of anilines is 1. The average Bonchev–Trinajstić information content (AvgIpc) is 2.60. The van der Waals surface area contributed by atoms with E-state index < -0.39 is 0 Å². The van der Waals surface area contributed by atoms with Crippen molar-refractivity contribution >= 4 is 17.6 Å². The van der Waals surface area contributed by atoms with E-state index >= 15 is 0 Å². The van der Waals surface area contributed by atoms with E-state index in [9.17, 15) is 9.59 Å². The quantitative estimate of drug-likeness (QED) is 0.628. The number of hydrogen-bond acceptors (Lipinski definition) is 3. The van der Waals surface area contributed by atoms with Gasteiger partial charge in [-0.25, -0.2) is 9.36 Å². The van der Waals surface area contributed by atoms with Crippen molar-refractivity contribution in [3.8, 4) is 0 Å². The Bertz CT molecular complexity index is 679. The van der Waals surface area contributed by atoms with Crippen molar-refractivity contribution in [1.82, 2.24) is 0 Å². The summed E-state index contributed by atoms with van der Waals surface area (Å²) in [5.74, 6) is -0.408. The van der Waals surface area contributed by atoms with Gasteiger partial charge < -0.3 is 10.1 Å². The molecular weight excluding hydrogens is 304 g/mol. The Balaban J connectivity index is 1.83. The summed E-state index contributed by atoms with van der Waals surface area (Å²) < 4.78 is 7.04. The third kappa shape index (κ3) is 5.50. The van der Waals surface area contributed by atoms with E-state index in [0.29, 0.717) is 30.8 Å². The molecule has 0 bridgehead atoms. The highest BCUT2D eigenvalue weighted by Crippen LogP contribution is 2.11. The Labute approximate surface area is 142 Å². The fraction of sp³-hybridized carbons (Fsp3) is 0.316. The highest BCUT2D eigenvalue weighted by atomic mass is 16.5. The van der Waals surface area contributed by atoms with Gasteiger partial charge >= 0.3 is 5.97 Å². The lowest BCUT2D eigenvalue weighted by Gasteiger charge is -2.06. The van der Waals surface area contributed by atoms with Gasteiger partial charge in [-0.15, -0.1) is 0 Å². The molecule has 1 amide bonds. The first kappa shape index (κ1) is 17.7. The molecule has 1 aromatic heterocycles. The molecule has 0 saturated heterocycles. The second-order valence-electron chi connectivity index (χ2n) is 5.62. The van der Waals surface area contributed by atoms with Crippen LogP contribution in [0.15, 0.2) is 48.8 Å². The maximum absolute atomic E-state index is 12.0. The number of rotatable bonds is 7. The predicted octanol–water partition coefficient (Wildman–Crippen LogP) is 2.88. The van der Waals surface area contributed by atoms with Gasteiger partial charge in [-0.1, -0.05) is 6.92 Å². The minimum absolute atomic E-state index is 0.0654. The van der Waals surface area contributed by atoms with E-state index in [2.05, 4.69) is 5.32 Å². The van der Waals surface area contributed by atoms with Crippen molar-refractivity contribution in [2.24, 2.45) is 0 Å². The van der Waals surface area contributed by atoms with Gasteiger partial charge in [0.05, 0.1) is 18.6 Å². The summed E-state index contributed by atoms with van der Waals surface area (Å²) in [7, 11) is 0. The molecule has 0 unspecified atom stereocenters. The van der Waals surface area contributed by atoms with Crippen LogP contribution in [0.25, 0.3) is 0 Å². The summed E-state index contributed by atoms with van der Waals surface area (Å²) >= 11 is 0. The van der Waals surface area contributed by atoms with E-state index in [1.54, 1.807) is 24.3 Å². The number of carbonyl (C=O) groups excluding carboxylic acids is 2. The maximum Gasteiger partial charge on any atom is 0.338 e. The number of hydrogen-bond donors (Lipinski definition) is 1. The Kier molecular flexibility index (Phi) is 6.49. The number of carbonyl (C=O) groups is 2. The van der Waals surface area contributed by atoms with E-state index in [4.69, 9.17) is 4.74 Å². The molecule has 1 N–H and O–H groups in total. The van der Waals surface area contributed by atoms with Crippen LogP contribution in [-0.2, 0) is 16.1 Å². The van der Waals surface area contributed by atoms with Crippen LogP contribution in [-0.4, -0.2) is 18.5 Å². The van der Waals surface area contributed by atoms with Crippen molar-refractivity contribution in [2.75, 3.05) is 11.9 Å². The molecule has 0 fully saturated rings. The lowest BCUT2D eigenvalue weighted by atomic mass is 10.2. The first-order valence-electron chi connectivity index (χ1n) is 8.11. The lowest BCUT2D eigenvalue weighted by molar-refractivity contribution is -0.695. The summed E-state index contributed by atoms with van der Waals surface area (Å²) in [6.45, 7) is 5.00. The van der Waals surface area contributed by atoms with Crippen molar-refractivity contribution in [1.29, 1.82) is 0 Å². The van der Waals surface area contributed by atoms with Crippen LogP contribution in [0.3, 0.4) is 0 Å². The molecule has 0 atom stereocenters. The topological polar surface area (TPSA) is 59.3 Å². The number of aryl methyl sites for hydroxylation is 2. The van der Waals surface area contributed by atoms with Crippen LogP contribution in [0.2, 0.25) is 0 Å². The second-order valence-corrected chi connectivity index (χ2v) is 5.62. The van der Waals surface area contributed by atoms with Gasteiger partial charge in [0, 0.05) is 17.8 Å². The SMILES string of the molecule is CCCOC(=O)c1ccc(NC(=O)CC[n+]2ccc(C)cc2)cc1. The Morgan fingerprint density at radius 2 is 1.75 bits per heavy atom. The van der Waals surface area contributed by atoms with E-state index in [1.165, 1.54) is 5.56 Å². The van der Waals surface area contributed by atoms with Crippen LogP contribution in [0, 0.1) is 6.92 Å². The number of nitrogens with one attached hydrogen (secondary N) is 1. The largest absolute Gasteiger partial charge is 0.462 e. The number of amides is 1. The van der Waals surface area contributed by atoms with Crippen molar-refractivity contribution in [3.05, 3.63) is 59.9 Å². The first-order chi connectivity index (χ1) is 11.6. The van der Waals surface area contributed by atoms with Crippen LogP contribution >= 0.6 is 0 Å². The molecule has 24 heavy (non-hydrogen) atoms. The molecule has 5 nitrogen and oxygen atoms in total. The highest BCUT2D eigenvalue weighted by Gasteiger charge is 2.09. The second kappa shape index (κ2) is 8.82. The maximum atomic E-state index is 12.0. The van der Waals surface area contributed by atoms with E-state index in [-0.39, 0.29) is 11.9 Å². The van der Waals surface area contributed by atoms with Gasteiger partial charge in [-0.05, 0) is 43.2 Å². The fourth-order valence-corrected chi connectivity index (χ4v) is 2.10. The van der Waals surface area contributed by atoms with Gasteiger partial charge in [-0.3, -0.25) is 4.79 Å². The summed E-state index contributed by atoms with van der Waals surface area (Å²) in [6, 6.07) is 10.7. The van der Waals surface area contributed by atoms with E-state index in [0.717, 1.165) is 6.42 Å². The van der Waals surface area contributed by atoms with Crippen LogP contribution < -0.4 is 9.88 Å². The van der Waals surface area contributed by atoms with Gasteiger partial charge in [0.25, 0.3) is 0 Å². The van der Waals surface area contributed by atoms with E-state index in [1.807, 2.05) is 42.9 Å². The summed E-state index contributed by atoms with van der Waals surface area (Å²) in [5.41, 5.74) is 2.34. The van der Waals surface area contributed by atoms with Gasteiger partial charge in [-0.2, -0.15) is 0 Å². The molecule has 126 valence electrons. The molecule has 1 heterocycles. The molecule has 0 aliphatic heterocycles. The minimum Gasteiger partial charge on any atom is -0.462 e. The first-order valence-corrected chi connectivity index (χ1v) is 8.11. The van der Waals surface area contributed by atoms with Gasteiger partial charge in [0.2, 0.25) is 5.91 Å². The zero-order valence-corrected chi connectivity index (χ0v) is 14.1. The molecule has 0 aliphatic rings. The van der Waals surface area contributed by atoms with Gasteiger partial charge in [0.1, 0.15) is 0 Å². The zero-order chi connectivity index (χ0) is 17.4. The third-order valence-corrected chi connectivity index (χ3v) is 3.50. The minimum atomic E-state index is -0.342. The number of ether oxygens (including phenoxy) is 1. The molecule has 1 aromatic carbocycles. The number of pyridine rings is 1. The molecule has 0 saturated carbocycles. The highest BCUT2D eigenvalue weighted by molar-refractivity contribution is 5.92. The summed E-state index contributed by atoms with van der Waals surface area (Å²) in [6.07, 6.45) is 5.09. The Morgan fingerprint density at radius 3 is 2.38 bits per heavy atom. The fourth-order valence-electron chi connectivity index (χ4n) is 2.10. The smallest absolute Gasteiger partial charge is 0.338 e. The predicted molar refractivity (Wildman–Crippen MR) is 91.6 cm³/mol.